The fourth-order valence-corrected chi connectivity index (χ4v) is 6.00. The van der Waals surface area contributed by atoms with Crippen molar-refractivity contribution in [2.24, 2.45) is 0 Å². The highest BCUT2D eigenvalue weighted by Crippen LogP contribution is 2.38. The van der Waals surface area contributed by atoms with Crippen molar-refractivity contribution in [2.75, 3.05) is 55.3 Å². The lowest BCUT2D eigenvalue weighted by molar-refractivity contribution is 0.0500. The summed E-state index contributed by atoms with van der Waals surface area (Å²) in [7, 11) is 2.11. The number of aromatic nitrogens is 2. The van der Waals surface area contributed by atoms with E-state index >= 15 is 0 Å². The molecule has 0 radical (unpaired) electrons. The van der Waals surface area contributed by atoms with Gasteiger partial charge in [-0.25, -0.2) is 9.37 Å². The van der Waals surface area contributed by atoms with E-state index in [9.17, 15) is 9.65 Å². The second-order valence-corrected chi connectivity index (χ2v) is 10.7. The number of hydrogen-bond donors (Lipinski definition) is 2. The van der Waals surface area contributed by atoms with Crippen molar-refractivity contribution in [1.29, 1.82) is 5.26 Å². The average molecular weight is 479 g/mol. The van der Waals surface area contributed by atoms with E-state index in [1.807, 2.05) is 18.2 Å². The predicted molar refractivity (Wildman–Crippen MR) is 137 cm³/mol. The Kier molecular flexibility index (Phi) is 6.51. The van der Waals surface area contributed by atoms with Crippen LogP contribution in [-0.4, -0.2) is 77.2 Å². The van der Waals surface area contributed by atoms with Crippen LogP contribution in [0.2, 0.25) is 0 Å². The van der Waals surface area contributed by atoms with Gasteiger partial charge >= 0.3 is 0 Å². The van der Waals surface area contributed by atoms with Gasteiger partial charge in [0.2, 0.25) is 5.95 Å². The van der Waals surface area contributed by atoms with Crippen LogP contribution in [0, 0.1) is 17.1 Å². The number of fused-ring (bicyclic) bond motifs is 1. The van der Waals surface area contributed by atoms with E-state index in [0.717, 1.165) is 51.3 Å². The van der Waals surface area contributed by atoms with Gasteiger partial charge < -0.3 is 20.4 Å². The summed E-state index contributed by atoms with van der Waals surface area (Å²) in [5.41, 5.74) is 2.33. The van der Waals surface area contributed by atoms with Gasteiger partial charge in [0.15, 0.2) is 11.6 Å². The number of rotatable bonds is 5. The molecule has 2 N–H and O–H groups in total. The Balaban J connectivity index is 1.30. The molecule has 0 bridgehead atoms. The van der Waals surface area contributed by atoms with Crippen LogP contribution in [0.4, 0.5) is 27.5 Å². The fraction of sp³-hybridized carbons (Fsp3) is 0.577. The van der Waals surface area contributed by atoms with E-state index in [0.29, 0.717) is 23.2 Å². The highest BCUT2D eigenvalue weighted by Gasteiger charge is 2.43. The van der Waals surface area contributed by atoms with Crippen molar-refractivity contribution < 1.29 is 4.39 Å². The Morgan fingerprint density at radius 1 is 1.17 bits per heavy atom. The van der Waals surface area contributed by atoms with Crippen LogP contribution in [0.15, 0.2) is 24.4 Å². The molecule has 0 saturated carbocycles. The molecule has 8 nitrogen and oxygen atoms in total. The van der Waals surface area contributed by atoms with Crippen LogP contribution in [0.1, 0.15) is 45.1 Å². The summed E-state index contributed by atoms with van der Waals surface area (Å²) in [6.45, 7) is 9.44. The van der Waals surface area contributed by atoms with Crippen molar-refractivity contribution in [3.05, 3.63) is 35.8 Å². The highest BCUT2D eigenvalue weighted by atomic mass is 19.1. The van der Waals surface area contributed by atoms with Gasteiger partial charge in [0.25, 0.3) is 0 Å². The van der Waals surface area contributed by atoms with Gasteiger partial charge in [-0.05, 0) is 71.3 Å². The summed E-state index contributed by atoms with van der Waals surface area (Å²) in [5.74, 6) is 0.0809. The first-order chi connectivity index (χ1) is 16.8. The zero-order valence-electron chi connectivity index (χ0n) is 20.9. The van der Waals surface area contributed by atoms with Gasteiger partial charge in [0, 0.05) is 49.5 Å². The lowest BCUT2D eigenvalue weighted by atomic mass is 9.84. The lowest BCUT2D eigenvalue weighted by Gasteiger charge is -2.47. The van der Waals surface area contributed by atoms with Gasteiger partial charge in [-0.15, -0.1) is 0 Å². The van der Waals surface area contributed by atoms with E-state index in [-0.39, 0.29) is 17.4 Å². The summed E-state index contributed by atoms with van der Waals surface area (Å²) in [6, 6.07) is 8.72. The molecule has 3 fully saturated rings. The van der Waals surface area contributed by atoms with Gasteiger partial charge in [-0.3, -0.25) is 4.90 Å². The maximum Gasteiger partial charge on any atom is 0.229 e. The molecule has 2 atom stereocenters. The minimum atomic E-state index is -0.453. The SMILES string of the molecule is CN1CCN(c2ccc(Nc3ncc(F)c(N[C@@H]4C[C@@H]5CCCN5C(C)(C)C4)n3)cc2C#N)CC1. The summed E-state index contributed by atoms with van der Waals surface area (Å²) >= 11 is 0. The maximum atomic E-state index is 14.7. The standard InChI is InChI=1S/C26H35FN8/c1-26(2)15-20(14-21-5-4-8-35(21)26)30-24-22(27)17-29-25(32-24)31-19-6-7-23(18(13-19)16-28)34-11-9-33(3)10-12-34/h6-7,13,17,20-21H,4-5,8-12,14-15H2,1-3H3,(H2,29,30,31,32)/t20-,21+/m1/s1. The number of anilines is 4. The monoisotopic (exact) mass is 478 g/mol. The largest absolute Gasteiger partial charge is 0.368 e. The van der Waals surface area contributed by atoms with Crippen LogP contribution in [-0.2, 0) is 0 Å². The number of benzene rings is 1. The molecular formula is C26H35FN8. The Labute approximate surface area is 207 Å². The van der Waals surface area contributed by atoms with Crippen molar-refractivity contribution in [2.45, 2.75) is 57.2 Å². The molecule has 35 heavy (non-hydrogen) atoms. The molecule has 5 rings (SSSR count). The molecule has 2 aromatic rings. The molecule has 0 aliphatic carbocycles. The van der Waals surface area contributed by atoms with Crippen LogP contribution >= 0.6 is 0 Å². The molecule has 3 aliphatic rings. The number of piperidine rings is 1. The molecular weight excluding hydrogens is 443 g/mol. The number of nitrogens with one attached hydrogen (secondary N) is 2. The Morgan fingerprint density at radius 3 is 2.74 bits per heavy atom. The maximum absolute atomic E-state index is 14.7. The predicted octanol–water partition coefficient (Wildman–Crippen LogP) is 3.80. The van der Waals surface area contributed by atoms with Crippen molar-refractivity contribution in [1.82, 2.24) is 19.8 Å². The number of piperazine rings is 1. The van der Waals surface area contributed by atoms with E-state index in [1.165, 1.54) is 19.0 Å². The summed E-state index contributed by atoms with van der Waals surface area (Å²) in [6.07, 6.45) is 5.57. The third-order valence-corrected chi connectivity index (χ3v) is 7.76. The van der Waals surface area contributed by atoms with Gasteiger partial charge in [0.1, 0.15) is 6.07 Å². The summed E-state index contributed by atoms with van der Waals surface area (Å²) in [5, 5.41) is 16.3. The first-order valence-electron chi connectivity index (χ1n) is 12.6. The van der Waals surface area contributed by atoms with E-state index < -0.39 is 5.82 Å². The number of nitrogens with zero attached hydrogens (tertiary/aromatic N) is 6. The van der Waals surface area contributed by atoms with E-state index in [4.69, 9.17) is 0 Å². The topological polar surface area (TPSA) is 83.3 Å². The number of nitriles is 1. The minimum absolute atomic E-state index is 0.0842. The van der Waals surface area contributed by atoms with E-state index in [2.05, 4.69) is 62.3 Å². The molecule has 0 unspecified atom stereocenters. The molecule has 1 aromatic carbocycles. The minimum Gasteiger partial charge on any atom is -0.368 e. The zero-order valence-corrected chi connectivity index (χ0v) is 20.9. The van der Waals surface area contributed by atoms with Gasteiger partial charge in [0.05, 0.1) is 17.4 Å². The number of hydrogen-bond acceptors (Lipinski definition) is 8. The van der Waals surface area contributed by atoms with Crippen molar-refractivity contribution in [3.63, 3.8) is 0 Å². The number of likely N-dealkylation sites (N-methyl/N-ethyl adjacent to an activating group) is 1. The third kappa shape index (κ3) is 5.04. The highest BCUT2D eigenvalue weighted by molar-refractivity contribution is 5.68. The molecule has 3 aliphatic heterocycles. The summed E-state index contributed by atoms with van der Waals surface area (Å²) in [4.78, 5) is 15.7. The Hall–Kier alpha value is -2.96. The summed E-state index contributed by atoms with van der Waals surface area (Å²) < 4.78 is 14.7. The number of halogens is 1. The lowest BCUT2D eigenvalue weighted by Crippen LogP contribution is -2.55. The molecule has 1 aromatic heterocycles. The first kappa shape index (κ1) is 23.8. The second-order valence-electron chi connectivity index (χ2n) is 10.7. The van der Waals surface area contributed by atoms with Crippen LogP contribution in [0.5, 0.6) is 0 Å². The van der Waals surface area contributed by atoms with Crippen LogP contribution in [0.25, 0.3) is 0 Å². The van der Waals surface area contributed by atoms with Gasteiger partial charge in [-0.2, -0.15) is 10.2 Å². The Bertz CT molecular complexity index is 1110. The second kappa shape index (κ2) is 9.59. The Morgan fingerprint density at radius 2 is 1.97 bits per heavy atom. The molecule has 9 heteroatoms. The molecule has 0 amide bonds. The zero-order chi connectivity index (χ0) is 24.6. The molecule has 0 spiro atoms. The first-order valence-corrected chi connectivity index (χ1v) is 12.6. The molecule has 4 heterocycles. The van der Waals surface area contributed by atoms with Crippen molar-refractivity contribution >= 4 is 23.1 Å². The molecule has 186 valence electrons. The van der Waals surface area contributed by atoms with Crippen molar-refractivity contribution in [3.8, 4) is 6.07 Å². The smallest absolute Gasteiger partial charge is 0.229 e. The molecule has 3 saturated heterocycles. The quantitative estimate of drug-likeness (QED) is 0.672. The normalized spacial score (nSPS) is 24.6. The third-order valence-electron chi connectivity index (χ3n) is 7.76. The fourth-order valence-electron chi connectivity index (χ4n) is 6.00. The van der Waals surface area contributed by atoms with Gasteiger partial charge in [-0.1, -0.05) is 0 Å². The average Bonchev–Trinajstić information content (AvgIpc) is 3.31. The van der Waals surface area contributed by atoms with Crippen LogP contribution in [0.3, 0.4) is 0 Å². The van der Waals surface area contributed by atoms with Crippen LogP contribution < -0.4 is 15.5 Å². The van der Waals surface area contributed by atoms with E-state index in [1.54, 1.807) is 0 Å².